The second-order valence-electron chi connectivity index (χ2n) is 6.01. The molecule has 2 aliphatic rings. The van der Waals surface area contributed by atoms with Crippen LogP contribution in [0.15, 0.2) is 0 Å². The van der Waals surface area contributed by atoms with Crippen molar-refractivity contribution < 1.29 is 9.47 Å². The molecule has 0 amide bonds. The Morgan fingerprint density at radius 2 is 2.06 bits per heavy atom. The van der Waals surface area contributed by atoms with Gasteiger partial charge in [-0.25, -0.2) is 0 Å². The number of ether oxygens (including phenoxy) is 2. The predicted octanol–water partition coefficient (Wildman–Crippen LogP) is 3.60. The van der Waals surface area contributed by atoms with Crippen LogP contribution in [0.25, 0.3) is 0 Å². The average molecular weight is 226 g/mol. The standard InChI is InChI=1S/C14H26O2/c1-5-12-9-15-14(16-12)8-11(4)6-7-13(14)10(2)3/h10-13H,5-9H2,1-4H3/t11-,12?,13-,14?/m1/s1. The summed E-state index contributed by atoms with van der Waals surface area (Å²) in [5.74, 6) is 1.74. The second kappa shape index (κ2) is 4.66. The normalized spacial score (nSPS) is 44.4. The molecule has 2 rings (SSSR count). The molecule has 1 aliphatic heterocycles. The van der Waals surface area contributed by atoms with Gasteiger partial charge in [0.15, 0.2) is 5.79 Å². The smallest absolute Gasteiger partial charge is 0.172 e. The van der Waals surface area contributed by atoms with Gasteiger partial charge in [-0.3, -0.25) is 0 Å². The largest absolute Gasteiger partial charge is 0.347 e. The molecule has 0 N–H and O–H groups in total. The Hall–Kier alpha value is -0.0800. The first kappa shape index (κ1) is 12.4. The predicted molar refractivity (Wildman–Crippen MR) is 65.2 cm³/mol. The lowest BCUT2D eigenvalue weighted by Gasteiger charge is -2.44. The maximum absolute atomic E-state index is 6.26. The van der Waals surface area contributed by atoms with Crippen molar-refractivity contribution in [2.45, 2.75) is 65.3 Å². The fourth-order valence-corrected chi connectivity index (χ4v) is 3.35. The summed E-state index contributed by atoms with van der Waals surface area (Å²) in [6.45, 7) is 9.91. The minimum atomic E-state index is -0.244. The van der Waals surface area contributed by atoms with E-state index < -0.39 is 0 Å². The fourth-order valence-electron chi connectivity index (χ4n) is 3.35. The van der Waals surface area contributed by atoms with E-state index in [4.69, 9.17) is 9.47 Å². The van der Waals surface area contributed by atoms with Crippen molar-refractivity contribution in [2.75, 3.05) is 6.61 Å². The molecule has 2 heteroatoms. The Kier molecular flexibility index (Phi) is 3.60. The van der Waals surface area contributed by atoms with E-state index in [9.17, 15) is 0 Å². The summed E-state index contributed by atoms with van der Waals surface area (Å²) >= 11 is 0. The minimum Gasteiger partial charge on any atom is -0.347 e. The fraction of sp³-hybridized carbons (Fsp3) is 1.00. The zero-order valence-electron chi connectivity index (χ0n) is 11.2. The Bertz CT molecular complexity index is 239. The highest BCUT2D eigenvalue weighted by Gasteiger charge is 2.51. The molecule has 2 unspecified atom stereocenters. The van der Waals surface area contributed by atoms with E-state index in [0.717, 1.165) is 25.4 Å². The first-order valence-corrected chi connectivity index (χ1v) is 6.89. The Balaban J connectivity index is 2.13. The zero-order chi connectivity index (χ0) is 11.8. The lowest BCUT2D eigenvalue weighted by molar-refractivity contribution is -0.238. The summed E-state index contributed by atoms with van der Waals surface area (Å²) in [5, 5.41) is 0. The molecule has 0 aromatic rings. The van der Waals surface area contributed by atoms with E-state index in [1.807, 2.05) is 0 Å². The first-order chi connectivity index (χ1) is 7.57. The topological polar surface area (TPSA) is 18.5 Å². The summed E-state index contributed by atoms with van der Waals surface area (Å²) in [7, 11) is 0. The lowest BCUT2D eigenvalue weighted by atomic mass is 9.73. The molecule has 1 saturated carbocycles. The first-order valence-electron chi connectivity index (χ1n) is 6.89. The van der Waals surface area contributed by atoms with Crippen molar-refractivity contribution in [2.24, 2.45) is 17.8 Å². The molecule has 94 valence electrons. The van der Waals surface area contributed by atoms with Crippen LogP contribution in [0.5, 0.6) is 0 Å². The minimum absolute atomic E-state index is 0.244. The molecule has 1 aliphatic carbocycles. The molecular formula is C14H26O2. The van der Waals surface area contributed by atoms with E-state index >= 15 is 0 Å². The molecule has 1 saturated heterocycles. The Labute approximate surface area is 99.7 Å². The Morgan fingerprint density at radius 1 is 1.31 bits per heavy atom. The van der Waals surface area contributed by atoms with Crippen LogP contribution < -0.4 is 0 Å². The molecule has 16 heavy (non-hydrogen) atoms. The van der Waals surface area contributed by atoms with Gasteiger partial charge in [-0.1, -0.05) is 34.1 Å². The quantitative estimate of drug-likeness (QED) is 0.716. The van der Waals surface area contributed by atoms with Crippen molar-refractivity contribution in [3.05, 3.63) is 0 Å². The van der Waals surface area contributed by atoms with Crippen LogP contribution in [0, 0.1) is 17.8 Å². The van der Waals surface area contributed by atoms with Gasteiger partial charge in [0.05, 0.1) is 12.7 Å². The van der Waals surface area contributed by atoms with Gasteiger partial charge in [0.1, 0.15) is 0 Å². The van der Waals surface area contributed by atoms with Gasteiger partial charge in [-0.15, -0.1) is 0 Å². The van der Waals surface area contributed by atoms with E-state index in [1.54, 1.807) is 0 Å². The van der Waals surface area contributed by atoms with E-state index in [2.05, 4.69) is 27.7 Å². The molecule has 0 radical (unpaired) electrons. The van der Waals surface area contributed by atoms with Crippen LogP contribution in [0.2, 0.25) is 0 Å². The van der Waals surface area contributed by atoms with Gasteiger partial charge in [-0.05, 0) is 24.7 Å². The van der Waals surface area contributed by atoms with Gasteiger partial charge in [-0.2, -0.15) is 0 Å². The summed E-state index contributed by atoms with van der Waals surface area (Å²) < 4.78 is 12.4. The summed E-state index contributed by atoms with van der Waals surface area (Å²) in [5.41, 5.74) is 0. The summed E-state index contributed by atoms with van der Waals surface area (Å²) in [6.07, 6.45) is 5.07. The van der Waals surface area contributed by atoms with E-state index in [-0.39, 0.29) is 5.79 Å². The van der Waals surface area contributed by atoms with E-state index in [0.29, 0.717) is 17.9 Å². The lowest BCUT2D eigenvalue weighted by Crippen LogP contribution is -2.46. The van der Waals surface area contributed by atoms with Crippen LogP contribution in [-0.4, -0.2) is 18.5 Å². The van der Waals surface area contributed by atoms with Gasteiger partial charge in [0.2, 0.25) is 0 Å². The van der Waals surface area contributed by atoms with Crippen molar-refractivity contribution in [3.63, 3.8) is 0 Å². The molecule has 2 fully saturated rings. The number of hydrogen-bond donors (Lipinski definition) is 0. The van der Waals surface area contributed by atoms with E-state index in [1.165, 1.54) is 12.8 Å². The van der Waals surface area contributed by atoms with Crippen LogP contribution in [0.3, 0.4) is 0 Å². The zero-order valence-corrected chi connectivity index (χ0v) is 11.2. The van der Waals surface area contributed by atoms with Gasteiger partial charge in [0.25, 0.3) is 0 Å². The highest BCUT2D eigenvalue weighted by molar-refractivity contribution is 4.92. The molecule has 1 spiro atoms. The second-order valence-corrected chi connectivity index (χ2v) is 6.01. The molecule has 4 atom stereocenters. The third-order valence-corrected chi connectivity index (χ3v) is 4.31. The number of hydrogen-bond acceptors (Lipinski definition) is 2. The molecule has 0 aromatic carbocycles. The summed E-state index contributed by atoms with van der Waals surface area (Å²) in [4.78, 5) is 0. The number of rotatable bonds is 2. The molecule has 1 heterocycles. The van der Waals surface area contributed by atoms with Crippen molar-refractivity contribution in [1.29, 1.82) is 0 Å². The van der Waals surface area contributed by atoms with Crippen LogP contribution >= 0.6 is 0 Å². The van der Waals surface area contributed by atoms with Crippen molar-refractivity contribution in [3.8, 4) is 0 Å². The van der Waals surface area contributed by atoms with Crippen LogP contribution in [-0.2, 0) is 9.47 Å². The third-order valence-electron chi connectivity index (χ3n) is 4.31. The highest BCUT2D eigenvalue weighted by atomic mass is 16.7. The van der Waals surface area contributed by atoms with Crippen molar-refractivity contribution in [1.82, 2.24) is 0 Å². The molecular weight excluding hydrogens is 200 g/mol. The Morgan fingerprint density at radius 3 is 2.62 bits per heavy atom. The van der Waals surface area contributed by atoms with Gasteiger partial charge in [0, 0.05) is 12.3 Å². The molecule has 2 nitrogen and oxygen atoms in total. The monoisotopic (exact) mass is 226 g/mol. The maximum Gasteiger partial charge on any atom is 0.172 e. The van der Waals surface area contributed by atoms with Gasteiger partial charge >= 0.3 is 0 Å². The highest BCUT2D eigenvalue weighted by Crippen LogP contribution is 2.47. The van der Waals surface area contributed by atoms with Crippen LogP contribution in [0.4, 0.5) is 0 Å². The van der Waals surface area contributed by atoms with Crippen molar-refractivity contribution >= 4 is 0 Å². The average Bonchev–Trinajstić information content (AvgIpc) is 2.61. The summed E-state index contributed by atoms with van der Waals surface area (Å²) in [6, 6.07) is 0. The van der Waals surface area contributed by atoms with Crippen LogP contribution in [0.1, 0.15) is 53.4 Å². The van der Waals surface area contributed by atoms with Gasteiger partial charge < -0.3 is 9.47 Å². The molecule has 0 aromatic heterocycles. The SMILES string of the molecule is CCC1COC2(C[C@H](C)CC[C@@H]2C(C)C)O1. The maximum atomic E-state index is 6.26. The molecule has 0 bridgehead atoms. The third kappa shape index (κ3) is 2.14.